The highest BCUT2D eigenvalue weighted by molar-refractivity contribution is 5.88. The van der Waals surface area contributed by atoms with Crippen LogP contribution in [0.1, 0.15) is 46.0 Å². The number of rotatable bonds is 3. The molecule has 0 spiro atoms. The highest BCUT2D eigenvalue weighted by Crippen LogP contribution is 2.54. The van der Waals surface area contributed by atoms with Gasteiger partial charge in [0.15, 0.2) is 0 Å². The van der Waals surface area contributed by atoms with Crippen molar-refractivity contribution in [2.45, 2.75) is 52.1 Å². The Kier molecular flexibility index (Phi) is 4.38. The first-order valence-corrected chi connectivity index (χ1v) is 7.60. The van der Waals surface area contributed by atoms with Crippen molar-refractivity contribution in [2.75, 3.05) is 6.61 Å². The highest BCUT2D eigenvalue weighted by Gasteiger charge is 2.47. The van der Waals surface area contributed by atoms with E-state index >= 15 is 0 Å². The lowest BCUT2D eigenvalue weighted by Gasteiger charge is -2.50. The van der Waals surface area contributed by atoms with E-state index < -0.39 is 6.10 Å². The quantitative estimate of drug-likeness (QED) is 0.490. The summed E-state index contributed by atoms with van der Waals surface area (Å²) in [4.78, 5) is 11.9. The fourth-order valence-corrected chi connectivity index (χ4v) is 4.04. The van der Waals surface area contributed by atoms with Gasteiger partial charge in [-0.3, -0.25) is 0 Å². The Morgan fingerprint density at radius 2 is 2.25 bits per heavy atom. The lowest BCUT2D eigenvalue weighted by Crippen LogP contribution is -2.45. The predicted molar refractivity (Wildman–Crippen MR) is 79.1 cm³/mol. The lowest BCUT2D eigenvalue weighted by atomic mass is 9.55. The number of hydrogen-bond acceptors (Lipinski definition) is 3. The molecule has 1 N–H and O–H groups in total. The van der Waals surface area contributed by atoms with Crippen LogP contribution in [0.4, 0.5) is 0 Å². The minimum atomic E-state index is -0.501. The van der Waals surface area contributed by atoms with Gasteiger partial charge in [0.2, 0.25) is 0 Å². The molecule has 4 atom stereocenters. The molecule has 2 aliphatic carbocycles. The molecule has 2 saturated carbocycles. The van der Waals surface area contributed by atoms with E-state index in [0.717, 1.165) is 32.1 Å². The fraction of sp³-hybridized carbons (Fsp3) is 0.706. The molecule has 0 heterocycles. The maximum absolute atomic E-state index is 11.9. The number of allylic oxidation sites excluding steroid dienone is 1. The molecule has 0 unspecified atom stereocenters. The summed E-state index contributed by atoms with van der Waals surface area (Å²) in [6.45, 7) is 12.5. The number of carbonyl (C=O) groups is 1. The number of fused-ring (bicyclic) bond motifs is 1. The molecular formula is C17H26O3. The molecule has 0 aromatic carbocycles. The molecule has 2 fully saturated rings. The number of aliphatic hydroxyl groups is 1. The average molecular weight is 278 g/mol. The SMILES string of the molecule is C=C(C(=O)OCC)[C@H]1C[C@H]2C(=C)CCC[C@]2(C)C[C@@H]1O. The van der Waals surface area contributed by atoms with E-state index in [1.165, 1.54) is 5.57 Å². The van der Waals surface area contributed by atoms with E-state index in [-0.39, 0.29) is 17.3 Å². The monoisotopic (exact) mass is 278 g/mol. The van der Waals surface area contributed by atoms with Gasteiger partial charge >= 0.3 is 5.97 Å². The molecule has 2 aliphatic rings. The van der Waals surface area contributed by atoms with Gasteiger partial charge in [0.1, 0.15) is 0 Å². The zero-order valence-electron chi connectivity index (χ0n) is 12.7. The summed E-state index contributed by atoms with van der Waals surface area (Å²) in [6, 6.07) is 0. The Morgan fingerprint density at radius 1 is 1.55 bits per heavy atom. The van der Waals surface area contributed by atoms with Gasteiger partial charge in [-0.15, -0.1) is 0 Å². The van der Waals surface area contributed by atoms with Crippen LogP contribution in [-0.4, -0.2) is 23.8 Å². The van der Waals surface area contributed by atoms with Crippen molar-refractivity contribution in [3.05, 3.63) is 24.3 Å². The highest BCUT2D eigenvalue weighted by atomic mass is 16.5. The molecule has 112 valence electrons. The van der Waals surface area contributed by atoms with Crippen LogP contribution < -0.4 is 0 Å². The molecular weight excluding hydrogens is 252 g/mol. The van der Waals surface area contributed by atoms with Gasteiger partial charge in [0, 0.05) is 11.5 Å². The minimum absolute atomic E-state index is 0.125. The summed E-state index contributed by atoms with van der Waals surface area (Å²) in [5, 5.41) is 10.4. The van der Waals surface area contributed by atoms with E-state index in [4.69, 9.17) is 4.74 Å². The minimum Gasteiger partial charge on any atom is -0.463 e. The topological polar surface area (TPSA) is 46.5 Å². The number of aliphatic hydroxyl groups excluding tert-OH is 1. The van der Waals surface area contributed by atoms with Crippen molar-refractivity contribution in [3.8, 4) is 0 Å². The van der Waals surface area contributed by atoms with Gasteiger partial charge < -0.3 is 9.84 Å². The molecule has 0 bridgehead atoms. The Labute approximate surface area is 121 Å². The largest absolute Gasteiger partial charge is 0.463 e. The van der Waals surface area contributed by atoms with Crippen LogP contribution in [0, 0.1) is 17.3 Å². The molecule has 0 aromatic rings. The number of ether oxygens (including phenoxy) is 1. The van der Waals surface area contributed by atoms with Crippen molar-refractivity contribution in [2.24, 2.45) is 17.3 Å². The van der Waals surface area contributed by atoms with Gasteiger partial charge in [-0.25, -0.2) is 4.79 Å². The summed E-state index contributed by atoms with van der Waals surface area (Å²) in [7, 11) is 0. The summed E-state index contributed by atoms with van der Waals surface area (Å²) in [5.41, 5.74) is 1.81. The second-order valence-electron chi connectivity index (χ2n) is 6.58. The van der Waals surface area contributed by atoms with Crippen LogP contribution in [0.3, 0.4) is 0 Å². The first kappa shape index (κ1) is 15.3. The molecule has 0 aromatic heterocycles. The summed E-state index contributed by atoms with van der Waals surface area (Å²) in [6.07, 6.45) is 4.34. The first-order valence-electron chi connectivity index (χ1n) is 7.60. The molecule has 0 amide bonds. The molecule has 20 heavy (non-hydrogen) atoms. The van der Waals surface area contributed by atoms with E-state index in [0.29, 0.717) is 18.1 Å². The molecule has 2 rings (SSSR count). The third-order valence-corrected chi connectivity index (χ3v) is 5.19. The van der Waals surface area contributed by atoms with Gasteiger partial charge in [-0.2, -0.15) is 0 Å². The molecule has 3 nitrogen and oxygen atoms in total. The smallest absolute Gasteiger partial charge is 0.333 e. The summed E-state index contributed by atoms with van der Waals surface area (Å²) < 4.78 is 5.02. The molecule has 0 radical (unpaired) electrons. The molecule has 3 heteroatoms. The van der Waals surface area contributed by atoms with Crippen molar-refractivity contribution in [1.82, 2.24) is 0 Å². The van der Waals surface area contributed by atoms with Crippen LogP contribution in [0.2, 0.25) is 0 Å². The van der Waals surface area contributed by atoms with Crippen molar-refractivity contribution >= 4 is 5.97 Å². The van der Waals surface area contributed by atoms with Gasteiger partial charge in [0.25, 0.3) is 0 Å². The summed E-state index contributed by atoms with van der Waals surface area (Å²) >= 11 is 0. The van der Waals surface area contributed by atoms with Crippen LogP contribution in [0.5, 0.6) is 0 Å². The van der Waals surface area contributed by atoms with E-state index in [9.17, 15) is 9.90 Å². The van der Waals surface area contributed by atoms with Gasteiger partial charge in [0.05, 0.1) is 12.7 Å². The Hall–Kier alpha value is -1.09. The maximum atomic E-state index is 11.9. The maximum Gasteiger partial charge on any atom is 0.333 e. The molecule has 0 saturated heterocycles. The van der Waals surface area contributed by atoms with E-state index in [1.807, 2.05) is 0 Å². The Balaban J connectivity index is 2.15. The van der Waals surface area contributed by atoms with Crippen molar-refractivity contribution < 1.29 is 14.6 Å². The Bertz CT molecular complexity index is 426. The zero-order chi connectivity index (χ0) is 14.9. The van der Waals surface area contributed by atoms with Crippen LogP contribution in [0.15, 0.2) is 24.3 Å². The zero-order valence-corrected chi connectivity index (χ0v) is 12.7. The predicted octanol–water partition coefficient (Wildman–Crippen LogP) is 3.24. The number of hydrogen-bond donors (Lipinski definition) is 1. The first-order chi connectivity index (χ1) is 9.39. The normalized spacial score (nSPS) is 37.1. The van der Waals surface area contributed by atoms with Crippen molar-refractivity contribution in [3.63, 3.8) is 0 Å². The van der Waals surface area contributed by atoms with Crippen LogP contribution >= 0.6 is 0 Å². The van der Waals surface area contributed by atoms with Crippen LogP contribution in [0.25, 0.3) is 0 Å². The third kappa shape index (κ3) is 2.69. The van der Waals surface area contributed by atoms with Crippen LogP contribution in [-0.2, 0) is 9.53 Å². The lowest BCUT2D eigenvalue weighted by molar-refractivity contribution is -0.140. The third-order valence-electron chi connectivity index (χ3n) is 5.19. The van der Waals surface area contributed by atoms with Gasteiger partial charge in [-0.05, 0) is 50.4 Å². The van der Waals surface area contributed by atoms with Crippen molar-refractivity contribution in [1.29, 1.82) is 0 Å². The standard InChI is InChI=1S/C17H26O3/c1-5-20-16(19)12(3)13-9-14-11(2)7-6-8-17(14,4)10-15(13)18/h13-15,18H,2-3,5-10H2,1,4H3/t13-,14+,15+,17-/m1/s1. The van der Waals surface area contributed by atoms with E-state index in [2.05, 4.69) is 20.1 Å². The number of esters is 1. The second kappa shape index (κ2) is 5.72. The number of carbonyl (C=O) groups excluding carboxylic acids is 1. The average Bonchev–Trinajstić information content (AvgIpc) is 2.37. The fourth-order valence-electron chi connectivity index (χ4n) is 4.04. The van der Waals surface area contributed by atoms with E-state index in [1.54, 1.807) is 6.92 Å². The van der Waals surface area contributed by atoms with Gasteiger partial charge in [-0.1, -0.05) is 25.7 Å². The second-order valence-corrected chi connectivity index (χ2v) is 6.58. The molecule has 0 aliphatic heterocycles. The summed E-state index contributed by atoms with van der Waals surface area (Å²) in [5.74, 6) is -0.181. The Morgan fingerprint density at radius 3 is 2.90 bits per heavy atom.